The summed E-state index contributed by atoms with van der Waals surface area (Å²) in [6, 6.07) is 7.35. The minimum atomic E-state index is -0.618. The molecule has 1 aromatic carbocycles. The quantitative estimate of drug-likeness (QED) is 0.749. The number of amides is 2. The lowest BCUT2D eigenvalue weighted by molar-refractivity contribution is -0.150. The second-order valence-electron chi connectivity index (χ2n) is 5.29. The minimum absolute atomic E-state index is 0.162. The Kier molecular flexibility index (Phi) is 5.52. The lowest BCUT2D eigenvalue weighted by Gasteiger charge is -2.10. The normalized spacial score (nSPS) is 17.0. The predicted molar refractivity (Wildman–Crippen MR) is 80.0 cm³/mol. The van der Waals surface area contributed by atoms with Crippen molar-refractivity contribution in [2.45, 2.75) is 32.2 Å². The van der Waals surface area contributed by atoms with Crippen LogP contribution in [0, 0.1) is 6.92 Å². The van der Waals surface area contributed by atoms with Gasteiger partial charge in [-0.05, 0) is 30.9 Å². The maximum Gasteiger partial charge on any atom is 0.329 e. The van der Waals surface area contributed by atoms with Gasteiger partial charge in [0.1, 0.15) is 6.04 Å². The minimum Gasteiger partial charge on any atom is -0.454 e. The van der Waals surface area contributed by atoms with Crippen LogP contribution in [0.15, 0.2) is 24.3 Å². The van der Waals surface area contributed by atoms with Gasteiger partial charge in [-0.15, -0.1) is 0 Å². The summed E-state index contributed by atoms with van der Waals surface area (Å²) in [5.74, 6) is -1.06. The molecule has 1 aliphatic heterocycles. The predicted octanol–water partition coefficient (Wildman–Crippen LogP) is 0.476. The summed E-state index contributed by atoms with van der Waals surface area (Å²) >= 11 is 0. The van der Waals surface area contributed by atoms with Crippen LogP contribution in [0.1, 0.15) is 24.0 Å². The van der Waals surface area contributed by atoms with E-state index in [1.807, 2.05) is 31.2 Å². The molecule has 2 N–H and O–H groups in total. The molecule has 0 aliphatic carbocycles. The van der Waals surface area contributed by atoms with Crippen LogP contribution < -0.4 is 10.6 Å². The molecular weight excluding hydrogens is 284 g/mol. The molecule has 0 unspecified atom stereocenters. The second-order valence-corrected chi connectivity index (χ2v) is 5.29. The summed E-state index contributed by atoms with van der Waals surface area (Å²) < 4.78 is 4.90. The molecule has 1 heterocycles. The van der Waals surface area contributed by atoms with E-state index in [-0.39, 0.29) is 18.4 Å². The maximum atomic E-state index is 11.6. The van der Waals surface area contributed by atoms with Gasteiger partial charge >= 0.3 is 5.97 Å². The number of carbonyl (C=O) groups is 3. The fourth-order valence-corrected chi connectivity index (χ4v) is 2.31. The third-order valence-corrected chi connectivity index (χ3v) is 3.60. The van der Waals surface area contributed by atoms with Crippen LogP contribution in [-0.2, 0) is 25.5 Å². The van der Waals surface area contributed by atoms with E-state index in [4.69, 9.17) is 4.74 Å². The molecule has 1 aromatic rings. The van der Waals surface area contributed by atoms with E-state index in [1.54, 1.807) is 0 Å². The van der Waals surface area contributed by atoms with E-state index in [0.717, 1.165) is 6.42 Å². The first-order chi connectivity index (χ1) is 10.6. The molecule has 0 aromatic heterocycles. The fourth-order valence-electron chi connectivity index (χ4n) is 2.31. The van der Waals surface area contributed by atoms with Crippen molar-refractivity contribution in [3.8, 4) is 0 Å². The molecule has 6 nitrogen and oxygen atoms in total. The summed E-state index contributed by atoms with van der Waals surface area (Å²) in [5, 5.41) is 5.21. The van der Waals surface area contributed by atoms with Gasteiger partial charge < -0.3 is 15.4 Å². The number of hydrogen-bond acceptors (Lipinski definition) is 4. The molecule has 1 aliphatic rings. The monoisotopic (exact) mass is 304 g/mol. The zero-order valence-electron chi connectivity index (χ0n) is 12.6. The Bertz CT molecular complexity index is 571. The molecule has 0 radical (unpaired) electrons. The van der Waals surface area contributed by atoms with Crippen molar-refractivity contribution in [2.24, 2.45) is 0 Å². The van der Waals surface area contributed by atoms with E-state index >= 15 is 0 Å². The standard InChI is InChI=1S/C16H20N2O4/c1-11-4-2-3-5-12(11)8-9-17-15(20)10-22-16(21)13-6-7-14(19)18-13/h2-5,13H,6-10H2,1H3,(H,17,20)(H,18,19)/t13-/m0/s1. The van der Waals surface area contributed by atoms with Crippen LogP contribution >= 0.6 is 0 Å². The van der Waals surface area contributed by atoms with E-state index in [2.05, 4.69) is 10.6 Å². The highest BCUT2D eigenvalue weighted by molar-refractivity contribution is 5.89. The average Bonchev–Trinajstić information content (AvgIpc) is 2.93. The third-order valence-electron chi connectivity index (χ3n) is 3.60. The first kappa shape index (κ1) is 16.0. The lowest BCUT2D eigenvalue weighted by atomic mass is 10.1. The molecule has 6 heteroatoms. The average molecular weight is 304 g/mol. The van der Waals surface area contributed by atoms with Gasteiger partial charge in [-0.1, -0.05) is 24.3 Å². The topological polar surface area (TPSA) is 84.5 Å². The summed E-state index contributed by atoms with van der Waals surface area (Å²) in [6.45, 7) is 2.19. The van der Waals surface area contributed by atoms with Crippen LogP contribution in [0.3, 0.4) is 0 Å². The molecule has 2 rings (SSSR count). The van der Waals surface area contributed by atoms with Gasteiger partial charge in [0.25, 0.3) is 5.91 Å². The smallest absolute Gasteiger partial charge is 0.329 e. The summed E-state index contributed by atoms with van der Waals surface area (Å²) in [6.07, 6.45) is 1.47. The van der Waals surface area contributed by atoms with Gasteiger partial charge in [-0.3, -0.25) is 9.59 Å². The number of hydrogen-bond donors (Lipinski definition) is 2. The Morgan fingerprint density at radius 2 is 2.14 bits per heavy atom. The first-order valence-electron chi connectivity index (χ1n) is 7.33. The Morgan fingerprint density at radius 1 is 1.36 bits per heavy atom. The van der Waals surface area contributed by atoms with Crippen molar-refractivity contribution in [1.29, 1.82) is 0 Å². The maximum absolute atomic E-state index is 11.6. The molecule has 1 saturated heterocycles. The lowest BCUT2D eigenvalue weighted by Crippen LogP contribution is -2.37. The highest BCUT2D eigenvalue weighted by Gasteiger charge is 2.28. The third kappa shape index (κ3) is 4.58. The number of carbonyl (C=O) groups excluding carboxylic acids is 3. The van der Waals surface area contributed by atoms with Crippen LogP contribution in [0.5, 0.6) is 0 Å². The van der Waals surface area contributed by atoms with Gasteiger partial charge in [0, 0.05) is 13.0 Å². The van der Waals surface area contributed by atoms with Crippen molar-refractivity contribution < 1.29 is 19.1 Å². The van der Waals surface area contributed by atoms with Crippen molar-refractivity contribution >= 4 is 17.8 Å². The van der Waals surface area contributed by atoms with Crippen molar-refractivity contribution in [1.82, 2.24) is 10.6 Å². The zero-order chi connectivity index (χ0) is 15.9. The molecule has 22 heavy (non-hydrogen) atoms. The highest BCUT2D eigenvalue weighted by atomic mass is 16.5. The number of rotatable bonds is 6. The van der Waals surface area contributed by atoms with Gasteiger partial charge in [0.15, 0.2) is 6.61 Å². The number of nitrogens with one attached hydrogen (secondary N) is 2. The molecule has 0 bridgehead atoms. The van der Waals surface area contributed by atoms with E-state index in [9.17, 15) is 14.4 Å². The van der Waals surface area contributed by atoms with Crippen LogP contribution in [0.4, 0.5) is 0 Å². The number of aryl methyl sites for hydroxylation is 1. The van der Waals surface area contributed by atoms with Crippen molar-refractivity contribution in [3.05, 3.63) is 35.4 Å². The van der Waals surface area contributed by atoms with Crippen LogP contribution in [0.2, 0.25) is 0 Å². The summed E-state index contributed by atoms with van der Waals surface area (Å²) in [4.78, 5) is 34.2. The Balaban J connectivity index is 1.65. The van der Waals surface area contributed by atoms with E-state index < -0.39 is 12.0 Å². The molecule has 2 amide bonds. The summed E-state index contributed by atoms with van der Waals surface area (Å²) in [7, 11) is 0. The van der Waals surface area contributed by atoms with Crippen molar-refractivity contribution in [2.75, 3.05) is 13.2 Å². The molecule has 0 spiro atoms. The van der Waals surface area contributed by atoms with Gasteiger partial charge in [-0.25, -0.2) is 4.79 Å². The molecular formula is C16H20N2O4. The Labute approximate surface area is 129 Å². The van der Waals surface area contributed by atoms with Gasteiger partial charge in [-0.2, -0.15) is 0 Å². The fraction of sp³-hybridized carbons (Fsp3) is 0.438. The largest absolute Gasteiger partial charge is 0.454 e. The highest BCUT2D eigenvalue weighted by Crippen LogP contribution is 2.08. The van der Waals surface area contributed by atoms with Crippen molar-refractivity contribution in [3.63, 3.8) is 0 Å². The van der Waals surface area contributed by atoms with Gasteiger partial charge in [0.05, 0.1) is 0 Å². The molecule has 1 atom stereocenters. The first-order valence-corrected chi connectivity index (χ1v) is 7.33. The molecule has 0 saturated carbocycles. The summed E-state index contributed by atoms with van der Waals surface area (Å²) in [5.41, 5.74) is 2.36. The van der Waals surface area contributed by atoms with E-state index in [0.29, 0.717) is 19.4 Å². The van der Waals surface area contributed by atoms with Crippen LogP contribution in [0.25, 0.3) is 0 Å². The van der Waals surface area contributed by atoms with Gasteiger partial charge in [0.2, 0.25) is 5.91 Å². The van der Waals surface area contributed by atoms with Crippen LogP contribution in [-0.4, -0.2) is 37.0 Å². The SMILES string of the molecule is Cc1ccccc1CCNC(=O)COC(=O)[C@@H]1CCC(=O)N1. The van der Waals surface area contributed by atoms with E-state index in [1.165, 1.54) is 11.1 Å². The Morgan fingerprint density at radius 3 is 2.82 bits per heavy atom. The Hall–Kier alpha value is -2.37. The zero-order valence-corrected chi connectivity index (χ0v) is 12.6. The number of esters is 1. The molecule has 1 fully saturated rings. The second kappa shape index (κ2) is 7.59. The number of benzene rings is 1. The molecule has 118 valence electrons. The number of ether oxygens (including phenoxy) is 1.